The van der Waals surface area contributed by atoms with Crippen molar-refractivity contribution in [1.29, 1.82) is 0 Å². The standard InChI is InChI=1S/C19H20O3/c1-2-9-17(18(20)16-12-7-4-8-13-16)19(21)22-14-15-10-5-3-6-11-15/h2-13,17-18,20H,14H2,1H3/b9-2-/t17-,18+/m1/s1. The quantitative estimate of drug-likeness (QED) is 0.653. The van der Waals surface area contributed by atoms with Crippen molar-refractivity contribution < 1.29 is 14.6 Å². The highest BCUT2D eigenvalue weighted by Crippen LogP contribution is 2.24. The summed E-state index contributed by atoms with van der Waals surface area (Å²) in [5.41, 5.74) is 1.62. The molecule has 2 aromatic rings. The predicted molar refractivity (Wildman–Crippen MR) is 85.9 cm³/mol. The Hall–Kier alpha value is -2.39. The van der Waals surface area contributed by atoms with Gasteiger partial charge in [0, 0.05) is 0 Å². The molecule has 0 saturated carbocycles. The van der Waals surface area contributed by atoms with Crippen LogP contribution in [0.15, 0.2) is 72.8 Å². The van der Waals surface area contributed by atoms with Gasteiger partial charge >= 0.3 is 5.97 Å². The summed E-state index contributed by atoms with van der Waals surface area (Å²) in [5.74, 6) is -1.14. The second-order valence-electron chi connectivity index (χ2n) is 5.00. The van der Waals surface area contributed by atoms with Gasteiger partial charge in [0.2, 0.25) is 0 Å². The number of benzene rings is 2. The summed E-state index contributed by atoms with van der Waals surface area (Å²) in [7, 11) is 0. The normalized spacial score (nSPS) is 13.7. The summed E-state index contributed by atoms with van der Waals surface area (Å²) in [6.07, 6.45) is 2.51. The van der Waals surface area contributed by atoms with Crippen LogP contribution in [0, 0.1) is 5.92 Å². The molecule has 0 aromatic heterocycles. The van der Waals surface area contributed by atoms with Crippen molar-refractivity contribution in [3.05, 3.63) is 83.9 Å². The number of carbonyl (C=O) groups excluding carboxylic acids is 1. The van der Waals surface area contributed by atoms with Crippen molar-refractivity contribution >= 4 is 5.97 Å². The van der Waals surface area contributed by atoms with Crippen molar-refractivity contribution in [3.8, 4) is 0 Å². The van der Waals surface area contributed by atoms with Crippen LogP contribution in [-0.4, -0.2) is 11.1 Å². The molecule has 0 unspecified atom stereocenters. The number of hydrogen-bond donors (Lipinski definition) is 1. The van der Waals surface area contributed by atoms with E-state index in [1.165, 1.54) is 0 Å². The number of allylic oxidation sites excluding steroid dienone is 1. The molecule has 114 valence electrons. The van der Waals surface area contributed by atoms with Crippen molar-refractivity contribution in [2.75, 3.05) is 0 Å². The lowest BCUT2D eigenvalue weighted by atomic mass is 9.95. The van der Waals surface area contributed by atoms with E-state index in [4.69, 9.17) is 4.74 Å². The molecule has 0 aliphatic heterocycles. The van der Waals surface area contributed by atoms with E-state index in [0.717, 1.165) is 5.56 Å². The van der Waals surface area contributed by atoms with E-state index in [2.05, 4.69) is 0 Å². The Morgan fingerprint density at radius 1 is 1.09 bits per heavy atom. The molecule has 2 aromatic carbocycles. The Kier molecular flexibility index (Phi) is 5.92. The van der Waals surface area contributed by atoms with Crippen LogP contribution in [0.2, 0.25) is 0 Å². The summed E-state index contributed by atoms with van der Waals surface area (Å²) >= 11 is 0. The lowest BCUT2D eigenvalue weighted by molar-refractivity contribution is -0.151. The highest BCUT2D eigenvalue weighted by atomic mass is 16.5. The molecule has 2 atom stereocenters. The second-order valence-corrected chi connectivity index (χ2v) is 5.00. The van der Waals surface area contributed by atoms with E-state index in [9.17, 15) is 9.90 Å². The zero-order chi connectivity index (χ0) is 15.8. The van der Waals surface area contributed by atoms with Gasteiger partial charge in [0.15, 0.2) is 0 Å². The number of esters is 1. The fourth-order valence-corrected chi connectivity index (χ4v) is 2.20. The van der Waals surface area contributed by atoms with Gasteiger partial charge < -0.3 is 9.84 Å². The molecule has 0 fully saturated rings. The Labute approximate surface area is 130 Å². The number of aliphatic hydroxyl groups excluding tert-OH is 1. The maximum Gasteiger partial charge on any atom is 0.316 e. The molecule has 0 aliphatic rings. The molecule has 0 saturated heterocycles. The zero-order valence-electron chi connectivity index (χ0n) is 12.6. The Morgan fingerprint density at radius 2 is 1.68 bits per heavy atom. The third kappa shape index (κ3) is 4.30. The van der Waals surface area contributed by atoms with Gasteiger partial charge in [-0.1, -0.05) is 72.8 Å². The first-order valence-electron chi connectivity index (χ1n) is 7.28. The van der Waals surface area contributed by atoms with E-state index in [0.29, 0.717) is 5.56 Å². The fraction of sp³-hybridized carbons (Fsp3) is 0.211. The van der Waals surface area contributed by atoms with Gasteiger partial charge in [-0.25, -0.2) is 0 Å². The van der Waals surface area contributed by atoms with E-state index < -0.39 is 18.0 Å². The minimum absolute atomic E-state index is 0.204. The first kappa shape index (κ1) is 16.0. The average molecular weight is 296 g/mol. The molecule has 0 spiro atoms. The number of aliphatic hydroxyl groups is 1. The molecule has 0 radical (unpaired) electrons. The highest BCUT2D eigenvalue weighted by Gasteiger charge is 2.26. The topological polar surface area (TPSA) is 46.5 Å². The van der Waals surface area contributed by atoms with Gasteiger partial charge in [-0.2, -0.15) is 0 Å². The van der Waals surface area contributed by atoms with Crippen molar-refractivity contribution in [3.63, 3.8) is 0 Å². The molecule has 1 N–H and O–H groups in total. The van der Waals surface area contributed by atoms with Gasteiger partial charge in [-0.05, 0) is 18.1 Å². The maximum absolute atomic E-state index is 12.3. The SMILES string of the molecule is C/C=C\[C@@H](C(=O)OCc1ccccc1)[C@@H](O)c1ccccc1. The summed E-state index contributed by atoms with van der Waals surface area (Å²) in [6.45, 7) is 2.02. The molecule has 2 rings (SSSR count). The summed E-state index contributed by atoms with van der Waals surface area (Å²) in [5, 5.41) is 10.4. The summed E-state index contributed by atoms with van der Waals surface area (Å²) in [4.78, 5) is 12.3. The minimum atomic E-state index is -0.916. The Morgan fingerprint density at radius 3 is 2.27 bits per heavy atom. The minimum Gasteiger partial charge on any atom is -0.460 e. The average Bonchev–Trinajstić information content (AvgIpc) is 2.58. The van der Waals surface area contributed by atoms with E-state index in [1.54, 1.807) is 24.3 Å². The summed E-state index contributed by atoms with van der Waals surface area (Å²) < 4.78 is 5.34. The van der Waals surface area contributed by atoms with Crippen LogP contribution >= 0.6 is 0 Å². The Balaban J connectivity index is 2.05. The first-order valence-corrected chi connectivity index (χ1v) is 7.28. The van der Waals surface area contributed by atoms with Gasteiger partial charge in [-0.3, -0.25) is 4.79 Å². The van der Waals surface area contributed by atoms with Gasteiger partial charge in [-0.15, -0.1) is 0 Å². The highest BCUT2D eigenvalue weighted by molar-refractivity contribution is 5.75. The van der Waals surface area contributed by atoms with Gasteiger partial charge in [0.25, 0.3) is 0 Å². The predicted octanol–water partition coefficient (Wildman–Crippen LogP) is 3.66. The maximum atomic E-state index is 12.3. The molecule has 0 heterocycles. The Bertz CT molecular complexity index is 605. The first-order chi connectivity index (χ1) is 10.7. The molecule has 0 aliphatic carbocycles. The number of carbonyl (C=O) groups is 1. The molecule has 0 amide bonds. The van der Waals surface area contributed by atoms with Crippen LogP contribution in [0.1, 0.15) is 24.2 Å². The number of ether oxygens (including phenoxy) is 1. The smallest absolute Gasteiger partial charge is 0.316 e. The van der Waals surface area contributed by atoms with E-state index in [-0.39, 0.29) is 6.61 Å². The zero-order valence-corrected chi connectivity index (χ0v) is 12.6. The van der Waals surface area contributed by atoms with Crippen LogP contribution in [0.3, 0.4) is 0 Å². The molecular weight excluding hydrogens is 276 g/mol. The third-order valence-corrected chi connectivity index (χ3v) is 3.38. The largest absolute Gasteiger partial charge is 0.460 e. The molecule has 3 heteroatoms. The van der Waals surface area contributed by atoms with Crippen LogP contribution in [0.4, 0.5) is 0 Å². The van der Waals surface area contributed by atoms with Crippen LogP contribution in [0.5, 0.6) is 0 Å². The molecule has 22 heavy (non-hydrogen) atoms. The summed E-state index contributed by atoms with van der Waals surface area (Å²) in [6, 6.07) is 18.6. The number of hydrogen-bond acceptors (Lipinski definition) is 3. The fourth-order valence-electron chi connectivity index (χ4n) is 2.20. The second kappa shape index (κ2) is 8.15. The molecule has 3 nitrogen and oxygen atoms in total. The van der Waals surface area contributed by atoms with Crippen LogP contribution in [0.25, 0.3) is 0 Å². The lowest BCUT2D eigenvalue weighted by Crippen LogP contribution is -2.22. The molecule has 0 bridgehead atoms. The van der Waals surface area contributed by atoms with Gasteiger partial charge in [0.1, 0.15) is 12.5 Å². The van der Waals surface area contributed by atoms with Crippen LogP contribution < -0.4 is 0 Å². The monoisotopic (exact) mass is 296 g/mol. The van der Waals surface area contributed by atoms with Crippen molar-refractivity contribution in [2.45, 2.75) is 19.6 Å². The van der Waals surface area contributed by atoms with E-state index in [1.807, 2.05) is 55.5 Å². The lowest BCUT2D eigenvalue weighted by Gasteiger charge is -2.19. The van der Waals surface area contributed by atoms with Crippen molar-refractivity contribution in [2.24, 2.45) is 5.92 Å². The van der Waals surface area contributed by atoms with Crippen LogP contribution in [-0.2, 0) is 16.1 Å². The van der Waals surface area contributed by atoms with Crippen molar-refractivity contribution in [1.82, 2.24) is 0 Å². The third-order valence-electron chi connectivity index (χ3n) is 3.38. The van der Waals surface area contributed by atoms with Gasteiger partial charge in [0.05, 0.1) is 6.10 Å². The van der Waals surface area contributed by atoms with E-state index >= 15 is 0 Å². The number of rotatable bonds is 6. The molecular formula is C19H20O3.